The van der Waals surface area contributed by atoms with Crippen molar-refractivity contribution >= 4 is 33.6 Å². The number of aryl methyl sites for hydroxylation is 1. The molecule has 1 aromatic carbocycles. The van der Waals surface area contributed by atoms with Crippen molar-refractivity contribution in [2.75, 3.05) is 12.4 Å². The summed E-state index contributed by atoms with van der Waals surface area (Å²) < 4.78 is 0.877. The van der Waals surface area contributed by atoms with Gasteiger partial charge in [-0.05, 0) is 47.5 Å². The van der Waals surface area contributed by atoms with Gasteiger partial charge in [0, 0.05) is 17.2 Å². The van der Waals surface area contributed by atoms with E-state index in [4.69, 9.17) is 0 Å². The van der Waals surface area contributed by atoms with Crippen LogP contribution in [0, 0.1) is 6.92 Å². The third-order valence-corrected chi connectivity index (χ3v) is 3.01. The Bertz CT molecular complexity index is 463. The van der Waals surface area contributed by atoms with Crippen LogP contribution in [0.1, 0.15) is 12.5 Å². The molecule has 1 rings (SSSR count). The van der Waals surface area contributed by atoms with E-state index in [2.05, 4.69) is 31.9 Å². The Morgan fingerprint density at radius 2 is 2.00 bits per heavy atom. The standard InChI is InChI=1S/C12H16BrN3O2/c1-7-4-5-10(9(13)6-7)15-8(2)11(17)16-12(18)14-3/h4-6,8,15H,1-3H3,(H2,14,16,17,18). The second-order valence-corrected chi connectivity index (χ2v) is 4.77. The van der Waals surface area contributed by atoms with E-state index < -0.39 is 12.1 Å². The molecule has 0 saturated carbocycles. The maximum atomic E-state index is 11.6. The molecule has 0 radical (unpaired) electrons. The first-order valence-electron chi connectivity index (χ1n) is 5.49. The van der Waals surface area contributed by atoms with Crippen molar-refractivity contribution in [2.24, 2.45) is 0 Å². The highest BCUT2D eigenvalue weighted by Crippen LogP contribution is 2.23. The Labute approximate surface area is 114 Å². The molecular weight excluding hydrogens is 298 g/mol. The van der Waals surface area contributed by atoms with Crippen LogP contribution in [0.5, 0.6) is 0 Å². The molecule has 0 aliphatic carbocycles. The van der Waals surface area contributed by atoms with Gasteiger partial charge in [-0.1, -0.05) is 6.07 Å². The van der Waals surface area contributed by atoms with Gasteiger partial charge in [0.1, 0.15) is 6.04 Å². The van der Waals surface area contributed by atoms with Gasteiger partial charge in [-0.3, -0.25) is 10.1 Å². The second-order valence-electron chi connectivity index (χ2n) is 3.92. The lowest BCUT2D eigenvalue weighted by molar-refractivity contribution is -0.120. The van der Waals surface area contributed by atoms with Gasteiger partial charge in [0.05, 0.1) is 0 Å². The molecule has 0 aliphatic heterocycles. The number of hydrogen-bond donors (Lipinski definition) is 3. The van der Waals surface area contributed by atoms with Crippen molar-refractivity contribution in [2.45, 2.75) is 19.9 Å². The van der Waals surface area contributed by atoms with E-state index in [-0.39, 0.29) is 5.91 Å². The van der Waals surface area contributed by atoms with Crippen molar-refractivity contribution in [1.29, 1.82) is 0 Å². The summed E-state index contributed by atoms with van der Waals surface area (Å²) in [5.41, 5.74) is 1.93. The summed E-state index contributed by atoms with van der Waals surface area (Å²) in [5.74, 6) is -0.387. The lowest BCUT2D eigenvalue weighted by Crippen LogP contribution is -2.44. The number of amides is 3. The zero-order valence-corrected chi connectivity index (χ0v) is 12.1. The van der Waals surface area contributed by atoms with E-state index in [0.29, 0.717) is 0 Å². The van der Waals surface area contributed by atoms with Crippen molar-refractivity contribution in [3.05, 3.63) is 28.2 Å². The van der Waals surface area contributed by atoms with Crippen molar-refractivity contribution in [3.63, 3.8) is 0 Å². The summed E-state index contributed by atoms with van der Waals surface area (Å²) >= 11 is 3.42. The number of carbonyl (C=O) groups is 2. The van der Waals surface area contributed by atoms with Crippen LogP contribution in [-0.4, -0.2) is 25.0 Å². The summed E-state index contributed by atoms with van der Waals surface area (Å²) in [5, 5.41) is 7.57. The third-order valence-electron chi connectivity index (χ3n) is 2.35. The molecule has 0 bridgehead atoms. The molecule has 6 heteroatoms. The summed E-state index contributed by atoms with van der Waals surface area (Å²) in [6.07, 6.45) is 0. The van der Waals surface area contributed by atoms with Crippen molar-refractivity contribution in [3.8, 4) is 0 Å². The lowest BCUT2D eigenvalue weighted by atomic mass is 10.2. The Morgan fingerprint density at radius 3 is 2.56 bits per heavy atom. The molecule has 0 spiro atoms. The lowest BCUT2D eigenvalue weighted by Gasteiger charge is -2.16. The molecule has 1 atom stereocenters. The zero-order valence-electron chi connectivity index (χ0n) is 10.5. The molecule has 5 nitrogen and oxygen atoms in total. The molecule has 0 fully saturated rings. The van der Waals surface area contributed by atoms with E-state index >= 15 is 0 Å². The zero-order chi connectivity index (χ0) is 13.7. The van der Waals surface area contributed by atoms with Crippen LogP contribution in [0.3, 0.4) is 0 Å². The Kier molecular flexibility index (Phi) is 5.15. The molecule has 98 valence electrons. The van der Waals surface area contributed by atoms with Gasteiger partial charge < -0.3 is 10.6 Å². The number of urea groups is 1. The minimum Gasteiger partial charge on any atom is -0.373 e. The first kappa shape index (κ1) is 14.5. The van der Waals surface area contributed by atoms with E-state index in [1.165, 1.54) is 7.05 Å². The topological polar surface area (TPSA) is 70.2 Å². The molecule has 0 aliphatic rings. The van der Waals surface area contributed by atoms with Crippen molar-refractivity contribution in [1.82, 2.24) is 10.6 Å². The van der Waals surface area contributed by atoms with Crippen LogP contribution in [0.15, 0.2) is 22.7 Å². The first-order valence-corrected chi connectivity index (χ1v) is 6.28. The molecule has 1 unspecified atom stereocenters. The highest BCUT2D eigenvalue weighted by Gasteiger charge is 2.15. The highest BCUT2D eigenvalue weighted by atomic mass is 79.9. The normalized spacial score (nSPS) is 11.6. The van der Waals surface area contributed by atoms with Crippen LogP contribution in [0.25, 0.3) is 0 Å². The molecule has 1 aromatic rings. The number of anilines is 1. The minimum absolute atomic E-state index is 0.387. The first-order chi connectivity index (χ1) is 8.43. The summed E-state index contributed by atoms with van der Waals surface area (Å²) in [6, 6.07) is 4.74. The van der Waals surface area contributed by atoms with E-state index in [1.807, 2.05) is 25.1 Å². The number of rotatable bonds is 3. The fourth-order valence-electron chi connectivity index (χ4n) is 1.32. The van der Waals surface area contributed by atoms with Gasteiger partial charge in [-0.25, -0.2) is 4.79 Å². The molecule has 0 aromatic heterocycles. The van der Waals surface area contributed by atoms with E-state index in [1.54, 1.807) is 6.92 Å². The van der Waals surface area contributed by atoms with Crippen LogP contribution in [-0.2, 0) is 4.79 Å². The fourth-order valence-corrected chi connectivity index (χ4v) is 1.93. The summed E-state index contributed by atoms with van der Waals surface area (Å²) in [6.45, 7) is 3.67. The van der Waals surface area contributed by atoms with Gasteiger partial charge in [0.15, 0.2) is 0 Å². The molecule has 0 saturated heterocycles. The maximum Gasteiger partial charge on any atom is 0.321 e. The number of hydrogen-bond acceptors (Lipinski definition) is 3. The predicted octanol–water partition coefficient (Wildman–Crippen LogP) is 2.01. The SMILES string of the molecule is CNC(=O)NC(=O)C(C)Nc1ccc(C)cc1Br. The van der Waals surface area contributed by atoms with Gasteiger partial charge >= 0.3 is 6.03 Å². The largest absolute Gasteiger partial charge is 0.373 e. The molecular formula is C12H16BrN3O2. The number of carbonyl (C=O) groups excluding carboxylic acids is 2. The third kappa shape index (κ3) is 4.03. The number of nitrogens with one attached hydrogen (secondary N) is 3. The molecule has 18 heavy (non-hydrogen) atoms. The molecule has 0 heterocycles. The Morgan fingerprint density at radius 1 is 1.33 bits per heavy atom. The summed E-state index contributed by atoms with van der Waals surface area (Å²) in [4.78, 5) is 22.7. The molecule has 3 N–H and O–H groups in total. The minimum atomic E-state index is -0.517. The average molecular weight is 314 g/mol. The summed E-state index contributed by atoms with van der Waals surface area (Å²) in [7, 11) is 1.46. The second kappa shape index (κ2) is 6.39. The highest BCUT2D eigenvalue weighted by molar-refractivity contribution is 9.10. The molecule has 3 amide bonds. The van der Waals surface area contributed by atoms with Gasteiger partial charge in [0.25, 0.3) is 0 Å². The fraction of sp³-hybridized carbons (Fsp3) is 0.333. The number of benzene rings is 1. The predicted molar refractivity (Wildman–Crippen MR) is 74.6 cm³/mol. The maximum absolute atomic E-state index is 11.6. The van der Waals surface area contributed by atoms with E-state index in [9.17, 15) is 9.59 Å². The van der Waals surface area contributed by atoms with Gasteiger partial charge in [-0.15, -0.1) is 0 Å². The number of halogens is 1. The average Bonchev–Trinajstić information content (AvgIpc) is 2.32. The van der Waals surface area contributed by atoms with Gasteiger partial charge in [0.2, 0.25) is 5.91 Å². The Balaban J connectivity index is 2.66. The van der Waals surface area contributed by atoms with Crippen molar-refractivity contribution < 1.29 is 9.59 Å². The Hall–Kier alpha value is -1.56. The van der Waals surface area contributed by atoms with Gasteiger partial charge in [-0.2, -0.15) is 0 Å². The van der Waals surface area contributed by atoms with Crippen LogP contribution < -0.4 is 16.0 Å². The van der Waals surface area contributed by atoms with E-state index in [0.717, 1.165) is 15.7 Å². The van der Waals surface area contributed by atoms with Crippen LogP contribution in [0.4, 0.5) is 10.5 Å². The smallest absolute Gasteiger partial charge is 0.321 e. The number of imide groups is 1. The van der Waals surface area contributed by atoms with Crippen LogP contribution in [0.2, 0.25) is 0 Å². The quantitative estimate of drug-likeness (QED) is 0.799. The van der Waals surface area contributed by atoms with Crippen LogP contribution >= 0.6 is 15.9 Å². The monoisotopic (exact) mass is 313 g/mol.